The molecule has 0 aliphatic rings. The highest BCUT2D eigenvalue weighted by Crippen LogP contribution is 2.36. The molecule has 21 heavy (non-hydrogen) atoms. The third-order valence-corrected chi connectivity index (χ3v) is 2.65. The summed E-state index contributed by atoms with van der Waals surface area (Å²) in [4.78, 5) is 26.7. The molecule has 10 heteroatoms. The zero-order valence-electron chi connectivity index (χ0n) is 10.2. The summed E-state index contributed by atoms with van der Waals surface area (Å²) in [5, 5.41) is 22.6. The van der Waals surface area contributed by atoms with Crippen molar-refractivity contribution in [3.8, 4) is 5.88 Å². The fourth-order valence-electron chi connectivity index (χ4n) is 1.74. The Balaban J connectivity index is 2.11. The van der Waals surface area contributed by atoms with Crippen LogP contribution in [0.3, 0.4) is 0 Å². The van der Waals surface area contributed by atoms with E-state index in [1.807, 2.05) is 10.1 Å². The molecule has 0 aliphatic carbocycles. The first-order valence-electron chi connectivity index (χ1n) is 5.65. The number of aromatic nitrogens is 4. The molecular formula is C11H7FN6O3. The van der Waals surface area contributed by atoms with Crippen LogP contribution in [0.1, 0.15) is 0 Å². The SMILES string of the molecule is O=c1[nH]nc(N=Nc2c(O)[nH]c3ccc(F)cc23)c(=O)[nH]1. The number of aromatic amines is 3. The lowest BCUT2D eigenvalue weighted by atomic mass is 10.2. The van der Waals surface area contributed by atoms with Crippen molar-refractivity contribution in [2.75, 3.05) is 0 Å². The summed E-state index contributed by atoms with van der Waals surface area (Å²) in [7, 11) is 0. The molecule has 0 unspecified atom stereocenters. The van der Waals surface area contributed by atoms with E-state index < -0.39 is 22.9 Å². The van der Waals surface area contributed by atoms with Gasteiger partial charge in [-0.15, -0.1) is 15.3 Å². The second-order valence-corrected chi connectivity index (χ2v) is 4.04. The molecule has 1 aromatic carbocycles. The zero-order valence-corrected chi connectivity index (χ0v) is 10.2. The smallest absolute Gasteiger partial charge is 0.342 e. The van der Waals surface area contributed by atoms with E-state index in [0.717, 1.165) is 6.07 Å². The Hall–Kier alpha value is -3.30. The predicted molar refractivity (Wildman–Crippen MR) is 69.6 cm³/mol. The average Bonchev–Trinajstić information content (AvgIpc) is 2.73. The van der Waals surface area contributed by atoms with Gasteiger partial charge >= 0.3 is 11.2 Å². The van der Waals surface area contributed by atoms with Gasteiger partial charge in [0.1, 0.15) is 5.82 Å². The Bertz CT molecular complexity index is 970. The number of halogens is 1. The van der Waals surface area contributed by atoms with Crippen LogP contribution in [0, 0.1) is 5.82 Å². The first kappa shape index (κ1) is 12.7. The van der Waals surface area contributed by atoms with E-state index in [1.54, 1.807) is 0 Å². The Kier molecular flexibility index (Phi) is 2.83. The summed E-state index contributed by atoms with van der Waals surface area (Å²) in [6.45, 7) is 0. The van der Waals surface area contributed by atoms with Gasteiger partial charge in [-0.05, 0) is 18.2 Å². The molecular weight excluding hydrogens is 283 g/mol. The standard InChI is InChI=1S/C11H7FN6O3/c12-4-1-2-6-5(3-4)7(9(19)13-6)15-16-8-10(20)14-11(21)18-17-8/h1-3,13,19H,(H2,14,18,20,21). The maximum Gasteiger partial charge on any atom is 0.342 e. The molecule has 0 aliphatic heterocycles. The van der Waals surface area contributed by atoms with Gasteiger partial charge in [0.25, 0.3) is 5.82 Å². The summed E-state index contributed by atoms with van der Waals surface area (Å²) in [6.07, 6.45) is 0. The number of rotatable bonds is 2. The van der Waals surface area contributed by atoms with Gasteiger partial charge in [0.2, 0.25) is 5.88 Å². The summed E-state index contributed by atoms with van der Waals surface area (Å²) in [6, 6.07) is 3.80. The Labute approximate surface area is 114 Å². The third kappa shape index (κ3) is 2.29. The number of nitrogens with one attached hydrogen (secondary N) is 3. The van der Waals surface area contributed by atoms with Crippen molar-refractivity contribution in [2.45, 2.75) is 0 Å². The summed E-state index contributed by atoms with van der Waals surface area (Å²) in [5.74, 6) is -1.25. The number of fused-ring (bicyclic) bond motifs is 1. The zero-order chi connectivity index (χ0) is 15.0. The van der Waals surface area contributed by atoms with Crippen LogP contribution in [-0.2, 0) is 0 Å². The van der Waals surface area contributed by atoms with E-state index in [2.05, 4.69) is 20.3 Å². The van der Waals surface area contributed by atoms with Gasteiger partial charge in [-0.2, -0.15) is 0 Å². The number of hydrogen-bond donors (Lipinski definition) is 4. The molecule has 9 nitrogen and oxygen atoms in total. The Morgan fingerprint density at radius 1 is 1.19 bits per heavy atom. The monoisotopic (exact) mass is 290 g/mol. The maximum atomic E-state index is 13.2. The van der Waals surface area contributed by atoms with Gasteiger partial charge in [0, 0.05) is 5.39 Å². The summed E-state index contributed by atoms with van der Waals surface area (Å²) < 4.78 is 13.2. The van der Waals surface area contributed by atoms with Crippen molar-refractivity contribution < 1.29 is 9.50 Å². The average molecular weight is 290 g/mol. The third-order valence-electron chi connectivity index (χ3n) is 2.65. The van der Waals surface area contributed by atoms with Crippen molar-refractivity contribution in [1.29, 1.82) is 0 Å². The highest BCUT2D eigenvalue weighted by atomic mass is 19.1. The normalized spacial score (nSPS) is 11.5. The van der Waals surface area contributed by atoms with Crippen LogP contribution in [0.4, 0.5) is 15.9 Å². The number of azo groups is 1. The molecule has 0 saturated carbocycles. The van der Waals surface area contributed by atoms with Gasteiger partial charge in [0.05, 0.1) is 5.52 Å². The number of benzene rings is 1. The minimum Gasteiger partial charge on any atom is -0.493 e. The highest BCUT2D eigenvalue weighted by Gasteiger charge is 2.11. The Morgan fingerprint density at radius 3 is 2.76 bits per heavy atom. The molecule has 0 bridgehead atoms. The van der Waals surface area contributed by atoms with Crippen LogP contribution in [0.2, 0.25) is 0 Å². The van der Waals surface area contributed by atoms with Crippen LogP contribution in [-0.4, -0.2) is 25.3 Å². The highest BCUT2D eigenvalue weighted by molar-refractivity contribution is 5.94. The van der Waals surface area contributed by atoms with Crippen molar-refractivity contribution in [3.63, 3.8) is 0 Å². The molecule has 0 saturated heterocycles. The lowest BCUT2D eigenvalue weighted by Crippen LogP contribution is -2.22. The van der Waals surface area contributed by atoms with Crippen molar-refractivity contribution >= 4 is 22.4 Å². The molecule has 3 aromatic rings. The minimum absolute atomic E-state index is 0.0445. The molecule has 2 heterocycles. The van der Waals surface area contributed by atoms with Gasteiger partial charge in [0.15, 0.2) is 5.69 Å². The molecule has 0 radical (unpaired) electrons. The van der Waals surface area contributed by atoms with Crippen LogP contribution in [0.25, 0.3) is 10.9 Å². The number of hydrogen-bond acceptors (Lipinski definition) is 6. The van der Waals surface area contributed by atoms with E-state index in [4.69, 9.17) is 0 Å². The molecule has 0 fully saturated rings. The van der Waals surface area contributed by atoms with Crippen LogP contribution in [0.5, 0.6) is 5.88 Å². The van der Waals surface area contributed by atoms with E-state index in [1.165, 1.54) is 12.1 Å². The predicted octanol–water partition coefficient (Wildman–Crippen LogP) is 1.20. The van der Waals surface area contributed by atoms with E-state index >= 15 is 0 Å². The van der Waals surface area contributed by atoms with E-state index in [-0.39, 0.29) is 17.0 Å². The van der Waals surface area contributed by atoms with Crippen molar-refractivity contribution in [3.05, 3.63) is 44.9 Å². The first-order chi connectivity index (χ1) is 10.0. The lowest BCUT2D eigenvalue weighted by Gasteiger charge is -1.92. The van der Waals surface area contributed by atoms with Crippen molar-refractivity contribution in [1.82, 2.24) is 20.2 Å². The molecule has 2 aromatic heterocycles. The number of aromatic hydroxyl groups is 1. The maximum absolute atomic E-state index is 13.2. The Morgan fingerprint density at radius 2 is 2.00 bits per heavy atom. The summed E-state index contributed by atoms with van der Waals surface area (Å²) in [5.41, 5.74) is -1.22. The van der Waals surface area contributed by atoms with E-state index in [0.29, 0.717) is 5.52 Å². The van der Waals surface area contributed by atoms with Gasteiger partial charge in [-0.1, -0.05) is 0 Å². The summed E-state index contributed by atoms with van der Waals surface area (Å²) >= 11 is 0. The number of H-pyrrole nitrogens is 3. The second kappa shape index (κ2) is 4.67. The second-order valence-electron chi connectivity index (χ2n) is 4.04. The minimum atomic E-state index is -0.840. The fourth-order valence-corrected chi connectivity index (χ4v) is 1.74. The first-order valence-corrected chi connectivity index (χ1v) is 5.65. The fraction of sp³-hybridized carbons (Fsp3) is 0. The van der Waals surface area contributed by atoms with Gasteiger partial charge in [-0.3, -0.25) is 9.78 Å². The quantitative estimate of drug-likeness (QED) is 0.526. The molecule has 106 valence electrons. The molecule has 4 N–H and O–H groups in total. The number of nitrogens with zero attached hydrogens (tertiary/aromatic N) is 3. The van der Waals surface area contributed by atoms with Gasteiger partial charge in [-0.25, -0.2) is 14.3 Å². The molecule has 0 atom stereocenters. The van der Waals surface area contributed by atoms with E-state index in [9.17, 15) is 19.1 Å². The van der Waals surface area contributed by atoms with Crippen LogP contribution < -0.4 is 11.2 Å². The molecule has 0 amide bonds. The molecule has 3 rings (SSSR count). The van der Waals surface area contributed by atoms with Crippen LogP contribution >= 0.6 is 0 Å². The van der Waals surface area contributed by atoms with Crippen molar-refractivity contribution in [2.24, 2.45) is 10.2 Å². The topological polar surface area (TPSA) is 139 Å². The van der Waals surface area contributed by atoms with Crippen LogP contribution in [0.15, 0.2) is 38.0 Å². The largest absolute Gasteiger partial charge is 0.493 e. The van der Waals surface area contributed by atoms with Gasteiger partial charge < -0.3 is 10.1 Å². The lowest BCUT2D eigenvalue weighted by molar-refractivity contribution is 0.459. The molecule has 0 spiro atoms.